The Morgan fingerprint density at radius 2 is 1.93 bits per heavy atom. The molecule has 0 saturated carbocycles. The molecule has 0 radical (unpaired) electrons. The summed E-state index contributed by atoms with van der Waals surface area (Å²) < 4.78 is 0. The summed E-state index contributed by atoms with van der Waals surface area (Å²) in [5.74, 6) is 0.369. The number of rotatable bonds is 6. The van der Waals surface area contributed by atoms with E-state index in [4.69, 9.17) is 0 Å². The highest BCUT2D eigenvalue weighted by atomic mass is 16.3. The number of aliphatic hydroxyl groups is 1. The van der Waals surface area contributed by atoms with E-state index in [1.165, 1.54) is 5.56 Å². The van der Waals surface area contributed by atoms with Crippen molar-refractivity contribution in [1.82, 2.24) is 5.32 Å². The Bertz CT molecular complexity index is 260. The molecule has 0 bridgehead atoms. The molecule has 0 aromatic heterocycles. The molecule has 0 heterocycles. The van der Waals surface area contributed by atoms with E-state index in [9.17, 15) is 5.11 Å². The summed E-state index contributed by atoms with van der Waals surface area (Å²) in [6.45, 7) is 5.68. The topological polar surface area (TPSA) is 32.3 Å². The molecular formula is C13H21NO. The van der Waals surface area contributed by atoms with Gasteiger partial charge >= 0.3 is 0 Å². The molecule has 1 rings (SSSR count). The van der Waals surface area contributed by atoms with Crippen LogP contribution in [0, 0.1) is 5.92 Å². The van der Waals surface area contributed by atoms with Gasteiger partial charge in [-0.15, -0.1) is 0 Å². The second-order valence-corrected chi connectivity index (χ2v) is 4.07. The summed E-state index contributed by atoms with van der Waals surface area (Å²) in [4.78, 5) is 0. The van der Waals surface area contributed by atoms with Gasteiger partial charge in [0.1, 0.15) is 0 Å². The molecule has 0 aliphatic rings. The lowest BCUT2D eigenvalue weighted by molar-refractivity contribution is 0.113. The van der Waals surface area contributed by atoms with E-state index in [0.717, 1.165) is 13.0 Å². The highest BCUT2D eigenvalue weighted by molar-refractivity contribution is 5.14. The average Bonchev–Trinajstić information content (AvgIpc) is 2.29. The Labute approximate surface area is 92.3 Å². The molecule has 2 heteroatoms. The van der Waals surface area contributed by atoms with Gasteiger partial charge in [-0.1, -0.05) is 50.6 Å². The third-order valence-corrected chi connectivity index (χ3v) is 2.83. The first-order chi connectivity index (χ1) is 7.24. The number of hydrogen-bond acceptors (Lipinski definition) is 2. The van der Waals surface area contributed by atoms with Crippen molar-refractivity contribution in [1.29, 1.82) is 0 Å². The van der Waals surface area contributed by atoms with Crippen molar-refractivity contribution >= 4 is 0 Å². The Balaban J connectivity index is 2.22. The minimum absolute atomic E-state index is 0.237. The standard InChI is InChI=1S/C13H21NO/c1-3-11(2)13(15)10-14-9-12-7-5-4-6-8-12/h4-8,11,13-15H,3,9-10H2,1-2H3. The molecule has 0 amide bonds. The lowest BCUT2D eigenvalue weighted by Gasteiger charge is -2.17. The first-order valence-corrected chi connectivity index (χ1v) is 5.66. The molecule has 0 fully saturated rings. The van der Waals surface area contributed by atoms with Crippen LogP contribution in [-0.2, 0) is 6.54 Å². The summed E-state index contributed by atoms with van der Waals surface area (Å²) in [6.07, 6.45) is 0.785. The summed E-state index contributed by atoms with van der Waals surface area (Å²) in [6, 6.07) is 10.2. The Morgan fingerprint density at radius 3 is 2.53 bits per heavy atom. The predicted molar refractivity (Wildman–Crippen MR) is 63.6 cm³/mol. The van der Waals surface area contributed by atoms with Gasteiger partial charge in [-0.3, -0.25) is 0 Å². The first kappa shape index (κ1) is 12.2. The van der Waals surface area contributed by atoms with Crippen LogP contribution in [0.1, 0.15) is 25.8 Å². The molecule has 0 aliphatic heterocycles. The largest absolute Gasteiger partial charge is 0.392 e. The molecule has 15 heavy (non-hydrogen) atoms. The fraction of sp³-hybridized carbons (Fsp3) is 0.538. The van der Waals surface area contributed by atoms with Gasteiger partial charge in [0.25, 0.3) is 0 Å². The van der Waals surface area contributed by atoms with E-state index in [2.05, 4.69) is 31.3 Å². The fourth-order valence-electron chi connectivity index (χ4n) is 1.43. The summed E-state index contributed by atoms with van der Waals surface area (Å²) in [5, 5.41) is 13.0. The second-order valence-electron chi connectivity index (χ2n) is 4.07. The van der Waals surface area contributed by atoms with E-state index in [-0.39, 0.29) is 6.10 Å². The number of nitrogens with one attached hydrogen (secondary N) is 1. The molecule has 2 nitrogen and oxygen atoms in total. The fourth-order valence-corrected chi connectivity index (χ4v) is 1.43. The van der Waals surface area contributed by atoms with Crippen LogP contribution in [0.2, 0.25) is 0 Å². The minimum atomic E-state index is -0.237. The van der Waals surface area contributed by atoms with Crippen molar-refractivity contribution in [3.05, 3.63) is 35.9 Å². The third-order valence-electron chi connectivity index (χ3n) is 2.83. The minimum Gasteiger partial charge on any atom is -0.392 e. The van der Waals surface area contributed by atoms with Gasteiger partial charge in [-0.05, 0) is 11.5 Å². The molecule has 2 atom stereocenters. The van der Waals surface area contributed by atoms with Gasteiger partial charge in [0.15, 0.2) is 0 Å². The van der Waals surface area contributed by atoms with Crippen molar-refractivity contribution in [3.8, 4) is 0 Å². The lowest BCUT2D eigenvalue weighted by Crippen LogP contribution is -2.31. The number of hydrogen-bond donors (Lipinski definition) is 2. The normalized spacial score (nSPS) is 14.9. The van der Waals surface area contributed by atoms with Crippen LogP contribution < -0.4 is 5.32 Å². The summed E-state index contributed by atoms with van der Waals surface area (Å²) >= 11 is 0. The molecular weight excluding hydrogens is 186 g/mol. The third kappa shape index (κ3) is 4.45. The van der Waals surface area contributed by atoms with Gasteiger partial charge in [0.2, 0.25) is 0 Å². The average molecular weight is 207 g/mol. The highest BCUT2D eigenvalue weighted by Crippen LogP contribution is 2.06. The van der Waals surface area contributed by atoms with Crippen molar-refractivity contribution in [2.75, 3.05) is 6.54 Å². The Morgan fingerprint density at radius 1 is 1.27 bits per heavy atom. The van der Waals surface area contributed by atoms with Crippen molar-refractivity contribution in [2.45, 2.75) is 32.9 Å². The summed E-state index contributed by atoms with van der Waals surface area (Å²) in [5.41, 5.74) is 1.26. The molecule has 2 unspecified atom stereocenters. The lowest BCUT2D eigenvalue weighted by atomic mass is 10.0. The SMILES string of the molecule is CCC(C)C(O)CNCc1ccccc1. The summed E-state index contributed by atoms with van der Waals surface area (Å²) in [7, 11) is 0. The zero-order valence-electron chi connectivity index (χ0n) is 9.61. The Kier molecular flexibility index (Phi) is 5.37. The maximum absolute atomic E-state index is 9.73. The van der Waals surface area contributed by atoms with Crippen molar-refractivity contribution < 1.29 is 5.11 Å². The molecule has 1 aromatic carbocycles. The highest BCUT2D eigenvalue weighted by Gasteiger charge is 2.10. The molecule has 84 valence electrons. The van der Waals surface area contributed by atoms with Crippen molar-refractivity contribution in [3.63, 3.8) is 0 Å². The smallest absolute Gasteiger partial charge is 0.0690 e. The molecule has 2 N–H and O–H groups in total. The second kappa shape index (κ2) is 6.59. The quantitative estimate of drug-likeness (QED) is 0.749. The van der Waals surface area contributed by atoms with Crippen LogP contribution >= 0.6 is 0 Å². The van der Waals surface area contributed by atoms with Crippen LogP contribution in [0.15, 0.2) is 30.3 Å². The van der Waals surface area contributed by atoms with Gasteiger partial charge in [0, 0.05) is 13.1 Å². The van der Waals surface area contributed by atoms with Gasteiger partial charge in [-0.25, -0.2) is 0 Å². The van der Waals surface area contributed by atoms with Crippen LogP contribution in [0.5, 0.6) is 0 Å². The van der Waals surface area contributed by atoms with E-state index >= 15 is 0 Å². The van der Waals surface area contributed by atoms with Crippen LogP contribution in [0.3, 0.4) is 0 Å². The molecule has 0 spiro atoms. The number of benzene rings is 1. The van der Waals surface area contributed by atoms with E-state index < -0.39 is 0 Å². The zero-order chi connectivity index (χ0) is 11.1. The zero-order valence-corrected chi connectivity index (χ0v) is 9.61. The van der Waals surface area contributed by atoms with E-state index in [1.807, 2.05) is 18.2 Å². The van der Waals surface area contributed by atoms with Gasteiger partial charge < -0.3 is 10.4 Å². The van der Waals surface area contributed by atoms with Crippen LogP contribution in [-0.4, -0.2) is 17.8 Å². The maximum Gasteiger partial charge on any atom is 0.0690 e. The molecule has 0 saturated heterocycles. The van der Waals surface area contributed by atoms with Gasteiger partial charge in [0.05, 0.1) is 6.10 Å². The molecule has 1 aromatic rings. The van der Waals surface area contributed by atoms with Gasteiger partial charge in [-0.2, -0.15) is 0 Å². The van der Waals surface area contributed by atoms with E-state index in [0.29, 0.717) is 12.5 Å². The van der Waals surface area contributed by atoms with Crippen molar-refractivity contribution in [2.24, 2.45) is 5.92 Å². The molecule has 0 aliphatic carbocycles. The predicted octanol–water partition coefficient (Wildman–Crippen LogP) is 2.18. The monoisotopic (exact) mass is 207 g/mol. The van der Waals surface area contributed by atoms with Crippen LogP contribution in [0.25, 0.3) is 0 Å². The number of aliphatic hydroxyl groups excluding tert-OH is 1. The first-order valence-electron chi connectivity index (χ1n) is 5.66. The maximum atomic E-state index is 9.73. The Hall–Kier alpha value is -0.860. The van der Waals surface area contributed by atoms with Crippen LogP contribution in [0.4, 0.5) is 0 Å². The van der Waals surface area contributed by atoms with E-state index in [1.54, 1.807) is 0 Å².